The van der Waals surface area contributed by atoms with Crippen LogP contribution in [0.5, 0.6) is 0 Å². The molecule has 0 heterocycles. The number of rotatable bonds is 5. The first-order valence-electron chi connectivity index (χ1n) is 5.24. The predicted octanol–water partition coefficient (Wildman–Crippen LogP) is 1.62. The van der Waals surface area contributed by atoms with Gasteiger partial charge in [-0.1, -0.05) is 13.0 Å². The second-order valence-corrected chi connectivity index (χ2v) is 6.08. The highest BCUT2D eigenvalue weighted by molar-refractivity contribution is 7.90. The van der Waals surface area contributed by atoms with Crippen LogP contribution in [-0.2, 0) is 15.6 Å². The third-order valence-corrected chi connectivity index (χ3v) is 4.07. The third-order valence-electron chi connectivity index (χ3n) is 2.36. The molecule has 0 aliphatic rings. The summed E-state index contributed by atoms with van der Waals surface area (Å²) in [5.41, 5.74) is 5.78. The van der Waals surface area contributed by atoms with Crippen LogP contribution in [0.25, 0.3) is 0 Å². The lowest BCUT2D eigenvalue weighted by Gasteiger charge is -2.09. The van der Waals surface area contributed by atoms with E-state index in [9.17, 15) is 17.2 Å². The number of nitrogens with two attached hydrogens (primary N) is 1. The fourth-order valence-corrected chi connectivity index (χ4v) is 3.08. The molecule has 0 aliphatic carbocycles. The highest BCUT2D eigenvalue weighted by Crippen LogP contribution is 2.12. The molecular formula is C11H15F2NO2S. The number of hydrogen-bond acceptors (Lipinski definition) is 3. The molecule has 0 fully saturated rings. The molecule has 0 aromatic heterocycles. The molecule has 0 saturated carbocycles. The fraction of sp³-hybridized carbons (Fsp3) is 0.455. The van der Waals surface area contributed by atoms with Gasteiger partial charge in [0.15, 0.2) is 21.5 Å². The summed E-state index contributed by atoms with van der Waals surface area (Å²) < 4.78 is 48.9. The lowest BCUT2D eigenvalue weighted by atomic mass is 10.2. The molecule has 1 unspecified atom stereocenters. The lowest BCUT2D eigenvalue weighted by Crippen LogP contribution is -2.29. The summed E-state index contributed by atoms with van der Waals surface area (Å²) in [6, 6.07) is 2.64. The van der Waals surface area contributed by atoms with Crippen LogP contribution >= 0.6 is 0 Å². The molecule has 1 aromatic carbocycles. The first kappa shape index (κ1) is 14.1. The molecule has 0 radical (unpaired) electrons. The maximum atomic E-state index is 12.9. The molecule has 0 spiro atoms. The summed E-state index contributed by atoms with van der Waals surface area (Å²) in [5, 5.41) is 0. The van der Waals surface area contributed by atoms with Crippen molar-refractivity contribution in [3.05, 3.63) is 35.4 Å². The van der Waals surface area contributed by atoms with E-state index in [0.29, 0.717) is 6.42 Å². The van der Waals surface area contributed by atoms with Gasteiger partial charge in [0.2, 0.25) is 0 Å². The van der Waals surface area contributed by atoms with E-state index in [4.69, 9.17) is 5.73 Å². The fourth-order valence-electron chi connectivity index (χ4n) is 1.39. The van der Waals surface area contributed by atoms with Crippen LogP contribution in [0, 0.1) is 11.6 Å². The minimum Gasteiger partial charge on any atom is -0.327 e. The van der Waals surface area contributed by atoms with E-state index in [1.165, 1.54) is 6.07 Å². The van der Waals surface area contributed by atoms with Crippen LogP contribution < -0.4 is 5.73 Å². The van der Waals surface area contributed by atoms with Gasteiger partial charge in [0.05, 0.1) is 11.5 Å². The van der Waals surface area contributed by atoms with Gasteiger partial charge in [-0.2, -0.15) is 0 Å². The predicted molar refractivity (Wildman–Crippen MR) is 62.1 cm³/mol. The normalized spacial score (nSPS) is 13.6. The zero-order chi connectivity index (χ0) is 13.1. The van der Waals surface area contributed by atoms with Crippen molar-refractivity contribution >= 4 is 9.84 Å². The van der Waals surface area contributed by atoms with Crippen molar-refractivity contribution in [2.75, 3.05) is 5.75 Å². The van der Waals surface area contributed by atoms with Crippen LogP contribution in [0.1, 0.15) is 18.9 Å². The second kappa shape index (κ2) is 5.55. The first-order valence-corrected chi connectivity index (χ1v) is 7.06. The Kier molecular flexibility index (Phi) is 4.59. The topological polar surface area (TPSA) is 60.2 Å². The lowest BCUT2D eigenvalue weighted by molar-refractivity contribution is 0.507. The molecule has 1 atom stereocenters. The Morgan fingerprint density at radius 1 is 1.29 bits per heavy atom. The molecule has 2 N–H and O–H groups in total. The molecule has 1 rings (SSSR count). The van der Waals surface area contributed by atoms with E-state index in [0.717, 1.165) is 12.1 Å². The van der Waals surface area contributed by atoms with E-state index < -0.39 is 27.5 Å². The van der Waals surface area contributed by atoms with E-state index >= 15 is 0 Å². The minimum absolute atomic E-state index is 0.150. The molecule has 6 heteroatoms. The Balaban J connectivity index is 2.80. The van der Waals surface area contributed by atoms with Crippen molar-refractivity contribution in [3.63, 3.8) is 0 Å². The first-order chi connectivity index (χ1) is 7.84. The van der Waals surface area contributed by atoms with Gasteiger partial charge in [-0.05, 0) is 24.1 Å². The summed E-state index contributed by atoms with van der Waals surface area (Å²) >= 11 is 0. The van der Waals surface area contributed by atoms with Crippen molar-refractivity contribution in [1.82, 2.24) is 0 Å². The zero-order valence-electron chi connectivity index (χ0n) is 9.49. The summed E-state index contributed by atoms with van der Waals surface area (Å²) in [7, 11) is -3.39. The Hall–Kier alpha value is -1.01. The van der Waals surface area contributed by atoms with Crippen molar-refractivity contribution in [2.45, 2.75) is 25.1 Å². The maximum Gasteiger partial charge on any atom is 0.159 e. The van der Waals surface area contributed by atoms with Gasteiger partial charge in [-0.3, -0.25) is 0 Å². The van der Waals surface area contributed by atoms with E-state index in [1.54, 1.807) is 6.92 Å². The summed E-state index contributed by atoms with van der Waals surface area (Å²) in [5.74, 6) is -2.51. The molecule has 3 nitrogen and oxygen atoms in total. The van der Waals surface area contributed by atoms with Crippen molar-refractivity contribution < 1.29 is 17.2 Å². The molecule has 0 bridgehead atoms. The van der Waals surface area contributed by atoms with Crippen LogP contribution in [-0.4, -0.2) is 20.2 Å². The average molecular weight is 263 g/mol. The minimum atomic E-state index is -3.39. The quantitative estimate of drug-likeness (QED) is 0.878. The van der Waals surface area contributed by atoms with E-state index in [-0.39, 0.29) is 17.1 Å². The molecule has 17 heavy (non-hydrogen) atoms. The molecule has 1 aromatic rings. The molecule has 0 amide bonds. The van der Waals surface area contributed by atoms with Crippen molar-refractivity contribution in [2.24, 2.45) is 5.73 Å². The Morgan fingerprint density at radius 2 is 1.94 bits per heavy atom. The maximum absolute atomic E-state index is 12.9. The Bertz CT molecular complexity index is 488. The van der Waals surface area contributed by atoms with Gasteiger partial charge in [0, 0.05) is 6.04 Å². The van der Waals surface area contributed by atoms with Gasteiger partial charge in [0.1, 0.15) is 0 Å². The van der Waals surface area contributed by atoms with Crippen molar-refractivity contribution in [3.8, 4) is 0 Å². The Morgan fingerprint density at radius 3 is 2.47 bits per heavy atom. The monoisotopic (exact) mass is 263 g/mol. The van der Waals surface area contributed by atoms with Gasteiger partial charge in [-0.25, -0.2) is 17.2 Å². The van der Waals surface area contributed by atoms with E-state index in [2.05, 4.69) is 0 Å². The van der Waals surface area contributed by atoms with Gasteiger partial charge >= 0.3 is 0 Å². The summed E-state index contributed by atoms with van der Waals surface area (Å²) in [4.78, 5) is 0. The SMILES string of the molecule is CCC(N)CS(=O)(=O)Cc1ccc(F)c(F)c1. The molecule has 0 aliphatic heterocycles. The number of halogens is 2. The number of hydrogen-bond donors (Lipinski definition) is 1. The number of benzene rings is 1. The number of sulfone groups is 1. The van der Waals surface area contributed by atoms with Crippen LogP contribution in [0.4, 0.5) is 8.78 Å². The molecular weight excluding hydrogens is 248 g/mol. The van der Waals surface area contributed by atoms with Gasteiger partial charge in [-0.15, -0.1) is 0 Å². The van der Waals surface area contributed by atoms with Crippen LogP contribution in [0.3, 0.4) is 0 Å². The molecule has 0 saturated heterocycles. The summed E-state index contributed by atoms with van der Waals surface area (Å²) in [6.45, 7) is 1.79. The van der Waals surface area contributed by atoms with Crippen LogP contribution in [0.15, 0.2) is 18.2 Å². The highest BCUT2D eigenvalue weighted by atomic mass is 32.2. The largest absolute Gasteiger partial charge is 0.327 e. The average Bonchev–Trinajstić information content (AvgIpc) is 2.22. The van der Waals surface area contributed by atoms with E-state index in [1.807, 2.05) is 0 Å². The smallest absolute Gasteiger partial charge is 0.159 e. The van der Waals surface area contributed by atoms with Crippen LogP contribution in [0.2, 0.25) is 0 Å². The standard InChI is InChI=1S/C11H15F2NO2S/c1-2-9(14)7-17(15,16)6-8-3-4-10(12)11(13)5-8/h3-5,9H,2,6-7,14H2,1H3. The zero-order valence-corrected chi connectivity index (χ0v) is 10.3. The second-order valence-electron chi connectivity index (χ2n) is 3.97. The highest BCUT2D eigenvalue weighted by Gasteiger charge is 2.16. The summed E-state index contributed by atoms with van der Waals surface area (Å²) in [6.07, 6.45) is 0.553. The van der Waals surface area contributed by atoms with Gasteiger partial charge < -0.3 is 5.73 Å². The third kappa shape index (κ3) is 4.40. The van der Waals surface area contributed by atoms with Gasteiger partial charge in [0.25, 0.3) is 0 Å². The Labute approximate surface area is 99.6 Å². The molecule has 96 valence electrons. The van der Waals surface area contributed by atoms with Crippen molar-refractivity contribution in [1.29, 1.82) is 0 Å².